The highest BCUT2D eigenvalue weighted by molar-refractivity contribution is 7.98. The van der Waals surface area contributed by atoms with E-state index in [4.69, 9.17) is 4.74 Å². The first-order valence-corrected chi connectivity index (χ1v) is 9.54. The highest BCUT2D eigenvalue weighted by Gasteiger charge is 2.31. The minimum Gasteiger partial charge on any atom is -0.494 e. The van der Waals surface area contributed by atoms with Crippen LogP contribution in [0.2, 0.25) is 0 Å². The molecule has 1 aromatic heterocycles. The van der Waals surface area contributed by atoms with E-state index in [1.165, 1.54) is 0 Å². The molecule has 2 heterocycles. The predicted octanol–water partition coefficient (Wildman–Crippen LogP) is 3.16. The van der Waals surface area contributed by atoms with Crippen molar-refractivity contribution in [2.45, 2.75) is 25.8 Å². The average molecular weight is 345 g/mol. The number of nitrogens with zero attached hydrogens (tertiary/aromatic N) is 3. The lowest BCUT2D eigenvalue weighted by Crippen LogP contribution is -2.37. The average Bonchev–Trinajstić information content (AvgIpc) is 3.21. The van der Waals surface area contributed by atoms with Crippen molar-refractivity contribution in [1.29, 1.82) is 0 Å². The molecule has 0 bridgehead atoms. The van der Waals surface area contributed by atoms with Crippen LogP contribution >= 0.6 is 11.8 Å². The van der Waals surface area contributed by atoms with Gasteiger partial charge in [-0.15, -0.1) is 0 Å². The van der Waals surface area contributed by atoms with Crippen molar-refractivity contribution in [2.24, 2.45) is 0 Å². The number of carbonyl (C=O) groups excluding carboxylic acids is 1. The van der Waals surface area contributed by atoms with Crippen LogP contribution in [0.1, 0.15) is 28.9 Å². The van der Waals surface area contributed by atoms with Crippen LogP contribution < -0.4 is 4.74 Å². The summed E-state index contributed by atoms with van der Waals surface area (Å²) in [6.07, 6.45) is 5.94. The number of methoxy groups -OCH3 is 1. The summed E-state index contributed by atoms with van der Waals surface area (Å²) in [6, 6.07) is 8.04. The molecule has 0 radical (unpaired) electrons. The highest BCUT2D eigenvalue weighted by Crippen LogP contribution is 2.27. The second-order valence-corrected chi connectivity index (χ2v) is 6.89. The normalized spacial score (nSPS) is 17.3. The molecule has 0 aliphatic carbocycles. The van der Waals surface area contributed by atoms with Gasteiger partial charge in [-0.1, -0.05) is 12.1 Å². The van der Waals surface area contributed by atoms with Crippen molar-refractivity contribution >= 4 is 17.7 Å². The van der Waals surface area contributed by atoms with Crippen molar-refractivity contribution < 1.29 is 9.53 Å². The third kappa shape index (κ3) is 3.02. The van der Waals surface area contributed by atoms with E-state index in [2.05, 4.69) is 11.4 Å². The Labute approximate surface area is 147 Å². The third-order valence-electron chi connectivity index (χ3n) is 4.55. The van der Waals surface area contributed by atoms with Gasteiger partial charge in [0.05, 0.1) is 24.6 Å². The van der Waals surface area contributed by atoms with E-state index < -0.39 is 0 Å². The maximum Gasteiger partial charge on any atom is 0.257 e. The first kappa shape index (κ1) is 16.9. The summed E-state index contributed by atoms with van der Waals surface area (Å²) in [4.78, 5) is 15.0. The standard InChI is InChI=1S/C18H23N3O2S/c1-13-15(18(22)20-10-6-7-14(20)12-24-3)11-19-21(13)16-8-4-5-9-17(16)23-2/h4-5,8-9,11,14H,6-7,10,12H2,1-3H3/t14-/m1/s1. The summed E-state index contributed by atoms with van der Waals surface area (Å²) < 4.78 is 7.20. The lowest BCUT2D eigenvalue weighted by atomic mass is 10.2. The number of rotatable bonds is 5. The maximum absolute atomic E-state index is 13.0. The Balaban J connectivity index is 1.91. The number of ether oxygens (including phenoxy) is 1. The number of aromatic nitrogens is 2. The topological polar surface area (TPSA) is 47.4 Å². The molecule has 6 heteroatoms. The molecular weight excluding hydrogens is 322 g/mol. The molecule has 1 aromatic carbocycles. The molecule has 1 atom stereocenters. The fourth-order valence-electron chi connectivity index (χ4n) is 3.29. The molecule has 5 nitrogen and oxygen atoms in total. The van der Waals surface area contributed by atoms with Gasteiger partial charge < -0.3 is 9.64 Å². The van der Waals surface area contributed by atoms with Crippen molar-refractivity contribution in [3.05, 3.63) is 41.7 Å². The quantitative estimate of drug-likeness (QED) is 0.835. The monoisotopic (exact) mass is 345 g/mol. The number of amides is 1. The molecule has 1 fully saturated rings. The molecule has 3 rings (SSSR count). The molecule has 0 unspecified atom stereocenters. The first-order valence-electron chi connectivity index (χ1n) is 8.15. The van der Waals surface area contributed by atoms with Gasteiger partial charge in [0.2, 0.25) is 0 Å². The van der Waals surface area contributed by atoms with Gasteiger partial charge >= 0.3 is 0 Å². The second-order valence-electron chi connectivity index (χ2n) is 5.98. The minimum absolute atomic E-state index is 0.0881. The first-order chi connectivity index (χ1) is 11.7. The largest absolute Gasteiger partial charge is 0.494 e. The summed E-state index contributed by atoms with van der Waals surface area (Å²) in [7, 11) is 1.64. The summed E-state index contributed by atoms with van der Waals surface area (Å²) in [5, 5.41) is 4.44. The van der Waals surface area contributed by atoms with Crippen LogP contribution in [0.3, 0.4) is 0 Å². The third-order valence-corrected chi connectivity index (χ3v) is 5.27. The number of carbonyl (C=O) groups is 1. The minimum atomic E-state index is 0.0881. The van der Waals surface area contributed by atoms with Gasteiger partial charge in [0.15, 0.2) is 0 Å². The summed E-state index contributed by atoms with van der Waals surface area (Å²) in [6.45, 7) is 2.77. The van der Waals surface area contributed by atoms with E-state index in [0.29, 0.717) is 11.6 Å². The van der Waals surface area contributed by atoms with Crippen molar-refractivity contribution in [1.82, 2.24) is 14.7 Å². The lowest BCUT2D eigenvalue weighted by Gasteiger charge is -2.24. The zero-order valence-electron chi connectivity index (χ0n) is 14.4. The van der Waals surface area contributed by atoms with Gasteiger partial charge in [-0.2, -0.15) is 16.9 Å². The lowest BCUT2D eigenvalue weighted by molar-refractivity contribution is 0.0749. The summed E-state index contributed by atoms with van der Waals surface area (Å²) in [5.41, 5.74) is 2.37. The summed E-state index contributed by atoms with van der Waals surface area (Å²) in [5.74, 6) is 1.82. The van der Waals surface area contributed by atoms with E-state index in [9.17, 15) is 4.79 Å². The van der Waals surface area contributed by atoms with E-state index in [0.717, 1.165) is 42.3 Å². The molecule has 0 spiro atoms. The van der Waals surface area contributed by atoms with Crippen molar-refractivity contribution in [3.8, 4) is 11.4 Å². The number of likely N-dealkylation sites (tertiary alicyclic amines) is 1. The summed E-state index contributed by atoms with van der Waals surface area (Å²) >= 11 is 1.80. The van der Waals surface area contributed by atoms with E-state index in [1.807, 2.05) is 36.1 Å². The molecule has 0 N–H and O–H groups in total. The number of para-hydroxylation sites is 2. The zero-order chi connectivity index (χ0) is 17.1. The van der Waals surface area contributed by atoms with Gasteiger partial charge in [0.25, 0.3) is 5.91 Å². The van der Waals surface area contributed by atoms with Crippen LogP contribution in [0, 0.1) is 6.92 Å². The number of hydrogen-bond donors (Lipinski definition) is 0. The van der Waals surface area contributed by atoms with Gasteiger partial charge in [-0.05, 0) is 38.2 Å². The number of thioether (sulfide) groups is 1. The highest BCUT2D eigenvalue weighted by atomic mass is 32.2. The Morgan fingerprint density at radius 3 is 2.96 bits per heavy atom. The van der Waals surface area contributed by atoms with Gasteiger partial charge in [0, 0.05) is 18.3 Å². The van der Waals surface area contributed by atoms with Gasteiger partial charge in [-0.3, -0.25) is 4.79 Å². The number of hydrogen-bond acceptors (Lipinski definition) is 4. The smallest absolute Gasteiger partial charge is 0.257 e. The fourth-order valence-corrected chi connectivity index (χ4v) is 4.02. The van der Waals surface area contributed by atoms with E-state index in [1.54, 1.807) is 29.8 Å². The second kappa shape index (κ2) is 7.30. The molecule has 128 valence electrons. The Morgan fingerprint density at radius 1 is 1.42 bits per heavy atom. The molecule has 0 saturated carbocycles. The molecule has 24 heavy (non-hydrogen) atoms. The van der Waals surface area contributed by atoms with E-state index in [-0.39, 0.29) is 5.91 Å². The Morgan fingerprint density at radius 2 is 2.21 bits per heavy atom. The van der Waals surface area contributed by atoms with Crippen LogP contribution in [-0.4, -0.2) is 52.3 Å². The molecule has 1 saturated heterocycles. The SMILES string of the molecule is COc1ccccc1-n1ncc(C(=O)N2CCC[C@@H]2CSC)c1C. The Kier molecular flexibility index (Phi) is 5.14. The van der Waals surface area contributed by atoms with Crippen LogP contribution in [0.5, 0.6) is 5.75 Å². The van der Waals surface area contributed by atoms with Crippen molar-refractivity contribution in [3.63, 3.8) is 0 Å². The Bertz CT molecular complexity index is 729. The zero-order valence-corrected chi connectivity index (χ0v) is 15.2. The van der Waals surface area contributed by atoms with E-state index >= 15 is 0 Å². The van der Waals surface area contributed by atoms with Crippen molar-refractivity contribution in [2.75, 3.05) is 25.7 Å². The maximum atomic E-state index is 13.0. The molecule has 2 aromatic rings. The van der Waals surface area contributed by atoms with Crippen LogP contribution in [-0.2, 0) is 0 Å². The molecule has 1 aliphatic heterocycles. The van der Waals surface area contributed by atoms with Gasteiger partial charge in [-0.25, -0.2) is 4.68 Å². The van der Waals surface area contributed by atoms with Crippen LogP contribution in [0.25, 0.3) is 5.69 Å². The van der Waals surface area contributed by atoms with Crippen LogP contribution in [0.15, 0.2) is 30.5 Å². The Hall–Kier alpha value is -1.95. The molecule has 1 aliphatic rings. The number of benzene rings is 1. The fraction of sp³-hybridized carbons (Fsp3) is 0.444. The molecule has 1 amide bonds. The van der Waals surface area contributed by atoms with Gasteiger partial charge in [0.1, 0.15) is 11.4 Å². The van der Waals surface area contributed by atoms with Crippen LogP contribution in [0.4, 0.5) is 0 Å². The predicted molar refractivity (Wildman–Crippen MR) is 97.3 cm³/mol. The molecular formula is C18H23N3O2S.